The van der Waals surface area contributed by atoms with E-state index in [0.717, 1.165) is 14.8 Å². The highest BCUT2D eigenvalue weighted by Crippen LogP contribution is 2.15. The van der Waals surface area contributed by atoms with Gasteiger partial charge in [-0.3, -0.25) is 14.2 Å². The quantitative estimate of drug-likeness (QED) is 0.618. The van der Waals surface area contributed by atoms with Crippen molar-refractivity contribution >= 4 is 17.5 Å². The zero-order chi connectivity index (χ0) is 22.0. The Bertz CT molecular complexity index is 1240. The Morgan fingerprint density at radius 2 is 1.84 bits per heavy atom. The lowest BCUT2D eigenvalue weighted by molar-refractivity contribution is 0.0295. The number of rotatable bonds is 4. The molecule has 0 bridgehead atoms. The lowest BCUT2D eigenvalue weighted by Gasteiger charge is -2.26. The van der Waals surface area contributed by atoms with Gasteiger partial charge in [0.25, 0.3) is 11.5 Å². The van der Waals surface area contributed by atoms with Gasteiger partial charge >= 0.3 is 5.69 Å². The van der Waals surface area contributed by atoms with E-state index in [1.807, 2.05) is 13.0 Å². The van der Waals surface area contributed by atoms with E-state index in [1.54, 1.807) is 42.5 Å². The molecule has 0 saturated carbocycles. The van der Waals surface area contributed by atoms with Crippen LogP contribution in [0.1, 0.15) is 21.6 Å². The van der Waals surface area contributed by atoms with E-state index in [1.165, 1.54) is 4.90 Å². The van der Waals surface area contributed by atoms with Crippen LogP contribution in [-0.4, -0.2) is 51.5 Å². The van der Waals surface area contributed by atoms with Crippen LogP contribution in [-0.2, 0) is 11.3 Å². The van der Waals surface area contributed by atoms with E-state index in [4.69, 9.17) is 16.3 Å². The lowest BCUT2D eigenvalue weighted by atomic mass is 10.2. The van der Waals surface area contributed by atoms with Crippen LogP contribution in [0.4, 0.5) is 0 Å². The summed E-state index contributed by atoms with van der Waals surface area (Å²) in [6, 6.07) is 14.1. The standard InChI is InChI=1S/C22H21ClN4O4/c1-15-5-4-7-17(13-15)27-22(30)26(14-16-6-2-3-8-18(16)23)21(29)19(24-27)20(28)25-9-11-31-12-10-25/h2-8,13H,9-12,14H2,1H3. The highest BCUT2D eigenvalue weighted by atomic mass is 35.5. The van der Waals surface area contributed by atoms with Crippen LogP contribution in [0.25, 0.3) is 5.69 Å². The fourth-order valence-corrected chi connectivity index (χ4v) is 3.62. The molecule has 0 atom stereocenters. The molecule has 0 unspecified atom stereocenters. The van der Waals surface area contributed by atoms with E-state index >= 15 is 0 Å². The molecule has 1 aromatic heterocycles. The van der Waals surface area contributed by atoms with Gasteiger partial charge in [-0.1, -0.05) is 41.9 Å². The third kappa shape index (κ3) is 4.30. The Labute approximate surface area is 183 Å². The van der Waals surface area contributed by atoms with Crippen molar-refractivity contribution in [3.8, 4) is 5.69 Å². The minimum atomic E-state index is -0.745. The predicted molar refractivity (Wildman–Crippen MR) is 116 cm³/mol. The smallest absolute Gasteiger partial charge is 0.352 e. The zero-order valence-electron chi connectivity index (χ0n) is 17.0. The van der Waals surface area contributed by atoms with Crippen molar-refractivity contribution in [2.45, 2.75) is 13.5 Å². The second kappa shape index (κ2) is 8.87. The van der Waals surface area contributed by atoms with Crippen molar-refractivity contribution in [1.29, 1.82) is 0 Å². The second-order valence-corrected chi connectivity index (χ2v) is 7.68. The predicted octanol–water partition coefficient (Wildman–Crippen LogP) is 1.88. The number of halogens is 1. The Morgan fingerprint density at radius 1 is 1.10 bits per heavy atom. The molecule has 3 aromatic rings. The molecule has 0 spiro atoms. The SMILES string of the molecule is Cc1cccc(-n2nc(C(=O)N3CCOCC3)c(=O)n(Cc3ccccc3Cl)c2=O)c1. The molecule has 2 aromatic carbocycles. The van der Waals surface area contributed by atoms with E-state index in [0.29, 0.717) is 42.6 Å². The number of nitrogens with zero attached hydrogens (tertiary/aromatic N) is 4. The molecule has 1 fully saturated rings. The van der Waals surface area contributed by atoms with Gasteiger partial charge in [-0.05, 0) is 36.2 Å². The minimum absolute atomic E-state index is 0.0743. The van der Waals surface area contributed by atoms with Gasteiger partial charge in [0.2, 0.25) is 5.69 Å². The first kappa shape index (κ1) is 21.0. The summed E-state index contributed by atoms with van der Waals surface area (Å²) in [5.74, 6) is -0.525. The average molecular weight is 441 g/mol. The molecule has 4 rings (SSSR count). The molecule has 1 saturated heterocycles. The number of amides is 1. The Morgan fingerprint density at radius 3 is 2.55 bits per heavy atom. The van der Waals surface area contributed by atoms with Crippen LogP contribution in [0.5, 0.6) is 0 Å². The maximum atomic E-state index is 13.2. The van der Waals surface area contributed by atoms with Crippen LogP contribution in [0.2, 0.25) is 5.02 Å². The summed E-state index contributed by atoms with van der Waals surface area (Å²) in [6.45, 7) is 3.29. The van der Waals surface area contributed by atoms with Crippen LogP contribution < -0.4 is 11.2 Å². The molecule has 9 heteroatoms. The number of aromatic nitrogens is 3. The Balaban J connectivity index is 1.89. The monoisotopic (exact) mass is 440 g/mol. The van der Waals surface area contributed by atoms with E-state index in [9.17, 15) is 14.4 Å². The zero-order valence-corrected chi connectivity index (χ0v) is 17.7. The fourth-order valence-electron chi connectivity index (χ4n) is 3.43. The summed E-state index contributed by atoms with van der Waals surface area (Å²) >= 11 is 6.25. The third-order valence-electron chi connectivity index (χ3n) is 5.09. The maximum absolute atomic E-state index is 13.2. The van der Waals surface area contributed by atoms with Crippen molar-refractivity contribution in [3.63, 3.8) is 0 Å². The molecule has 31 heavy (non-hydrogen) atoms. The van der Waals surface area contributed by atoms with Crippen LogP contribution in [0.3, 0.4) is 0 Å². The largest absolute Gasteiger partial charge is 0.378 e. The number of ether oxygens (including phenoxy) is 1. The van der Waals surface area contributed by atoms with Crippen molar-refractivity contribution in [2.24, 2.45) is 0 Å². The summed E-state index contributed by atoms with van der Waals surface area (Å²) in [5.41, 5.74) is 0.273. The first-order valence-electron chi connectivity index (χ1n) is 9.87. The van der Waals surface area contributed by atoms with Crippen LogP contribution in [0.15, 0.2) is 58.1 Å². The number of aryl methyl sites for hydroxylation is 1. The molecular weight excluding hydrogens is 420 g/mol. The minimum Gasteiger partial charge on any atom is -0.378 e. The molecule has 8 nitrogen and oxygen atoms in total. The number of carbonyl (C=O) groups excluding carboxylic acids is 1. The summed E-state index contributed by atoms with van der Waals surface area (Å²) in [7, 11) is 0. The first-order valence-corrected chi connectivity index (χ1v) is 10.2. The van der Waals surface area contributed by atoms with Gasteiger partial charge in [0.05, 0.1) is 25.4 Å². The number of carbonyl (C=O) groups is 1. The summed E-state index contributed by atoms with van der Waals surface area (Å²) < 4.78 is 7.39. The van der Waals surface area contributed by atoms with Crippen molar-refractivity contribution in [2.75, 3.05) is 26.3 Å². The lowest BCUT2D eigenvalue weighted by Crippen LogP contribution is -2.48. The highest BCUT2D eigenvalue weighted by Gasteiger charge is 2.26. The number of hydrogen-bond acceptors (Lipinski definition) is 5. The topological polar surface area (TPSA) is 86.4 Å². The number of hydrogen-bond donors (Lipinski definition) is 0. The highest BCUT2D eigenvalue weighted by molar-refractivity contribution is 6.31. The van der Waals surface area contributed by atoms with Gasteiger partial charge < -0.3 is 9.64 Å². The summed E-state index contributed by atoms with van der Waals surface area (Å²) in [4.78, 5) is 41.1. The number of benzene rings is 2. The van der Waals surface area contributed by atoms with E-state index < -0.39 is 17.2 Å². The van der Waals surface area contributed by atoms with Crippen LogP contribution in [0, 0.1) is 6.92 Å². The molecule has 1 amide bonds. The third-order valence-corrected chi connectivity index (χ3v) is 5.46. The van der Waals surface area contributed by atoms with Gasteiger partial charge in [-0.2, -0.15) is 9.78 Å². The van der Waals surface area contributed by atoms with E-state index in [2.05, 4.69) is 5.10 Å². The molecule has 1 aliphatic rings. The molecule has 0 aliphatic carbocycles. The Kier molecular flexibility index (Phi) is 6.01. The van der Waals surface area contributed by atoms with Crippen molar-refractivity contribution in [3.05, 3.63) is 91.2 Å². The molecule has 160 valence electrons. The van der Waals surface area contributed by atoms with Crippen molar-refractivity contribution < 1.29 is 9.53 Å². The van der Waals surface area contributed by atoms with Crippen molar-refractivity contribution in [1.82, 2.24) is 19.2 Å². The number of morpholine rings is 1. The Hall–Kier alpha value is -3.23. The van der Waals surface area contributed by atoms with Gasteiger partial charge in [-0.25, -0.2) is 4.79 Å². The summed E-state index contributed by atoms with van der Waals surface area (Å²) in [6.07, 6.45) is 0. The molecular formula is C22H21ClN4O4. The molecule has 0 N–H and O–H groups in total. The van der Waals surface area contributed by atoms with Crippen LogP contribution >= 0.6 is 11.6 Å². The van der Waals surface area contributed by atoms with Gasteiger partial charge in [-0.15, -0.1) is 0 Å². The first-order chi connectivity index (χ1) is 15.0. The normalized spacial score (nSPS) is 13.9. The molecule has 0 radical (unpaired) electrons. The summed E-state index contributed by atoms with van der Waals surface area (Å²) in [5, 5.41) is 4.61. The average Bonchev–Trinajstić information content (AvgIpc) is 2.78. The maximum Gasteiger partial charge on any atom is 0.352 e. The fraction of sp³-hybridized carbons (Fsp3) is 0.273. The van der Waals surface area contributed by atoms with Gasteiger partial charge in [0, 0.05) is 18.1 Å². The molecule has 1 aliphatic heterocycles. The molecule has 2 heterocycles. The second-order valence-electron chi connectivity index (χ2n) is 7.27. The van der Waals surface area contributed by atoms with Gasteiger partial charge in [0.1, 0.15) is 0 Å². The van der Waals surface area contributed by atoms with Gasteiger partial charge in [0.15, 0.2) is 0 Å². The van der Waals surface area contributed by atoms with E-state index in [-0.39, 0.29) is 12.2 Å².